The van der Waals surface area contributed by atoms with E-state index in [-0.39, 0.29) is 6.03 Å². The zero-order valence-corrected chi connectivity index (χ0v) is 10.4. The number of carbonyl (C=O) groups excluding carboxylic acids is 1. The number of likely N-dealkylation sites (tertiary alicyclic amines) is 1. The predicted octanol–water partition coefficient (Wildman–Crippen LogP) is 1.68. The van der Waals surface area contributed by atoms with Crippen LogP contribution in [0.2, 0.25) is 0 Å². The van der Waals surface area contributed by atoms with Crippen molar-refractivity contribution in [3.05, 3.63) is 0 Å². The highest BCUT2D eigenvalue weighted by Crippen LogP contribution is 2.16. The standard InChI is InChI=1S/C12H22N2O3/c1-2-3-4-7-13-12(17)14-8-5-6-10(9-14)11(15)16/h10H,2-9H2,1H3,(H,13,17)(H,15,16). The van der Waals surface area contributed by atoms with Gasteiger partial charge in [0.15, 0.2) is 0 Å². The highest BCUT2D eigenvalue weighted by molar-refractivity contribution is 5.76. The molecule has 1 atom stereocenters. The van der Waals surface area contributed by atoms with Gasteiger partial charge in [0.2, 0.25) is 0 Å². The summed E-state index contributed by atoms with van der Waals surface area (Å²) in [5, 5.41) is 11.8. The fraction of sp³-hybridized carbons (Fsp3) is 0.833. The lowest BCUT2D eigenvalue weighted by molar-refractivity contribution is -0.143. The van der Waals surface area contributed by atoms with Gasteiger partial charge in [0.25, 0.3) is 0 Å². The number of hydrogen-bond acceptors (Lipinski definition) is 2. The fourth-order valence-electron chi connectivity index (χ4n) is 2.05. The molecule has 2 amide bonds. The molecule has 0 aromatic rings. The zero-order valence-electron chi connectivity index (χ0n) is 10.4. The van der Waals surface area contributed by atoms with Gasteiger partial charge in [0, 0.05) is 19.6 Å². The van der Waals surface area contributed by atoms with E-state index >= 15 is 0 Å². The van der Waals surface area contributed by atoms with Gasteiger partial charge in [-0.3, -0.25) is 4.79 Å². The van der Waals surface area contributed by atoms with Crippen molar-refractivity contribution in [2.45, 2.75) is 39.0 Å². The number of aliphatic carboxylic acids is 1. The summed E-state index contributed by atoms with van der Waals surface area (Å²) in [5.41, 5.74) is 0. The molecule has 1 fully saturated rings. The molecule has 0 bridgehead atoms. The van der Waals surface area contributed by atoms with Gasteiger partial charge < -0.3 is 15.3 Å². The van der Waals surface area contributed by atoms with Crippen molar-refractivity contribution >= 4 is 12.0 Å². The number of nitrogens with zero attached hydrogens (tertiary/aromatic N) is 1. The van der Waals surface area contributed by atoms with Crippen LogP contribution in [0, 0.1) is 5.92 Å². The maximum absolute atomic E-state index is 11.8. The summed E-state index contributed by atoms with van der Waals surface area (Å²) in [5.74, 6) is -1.20. The average Bonchev–Trinajstić information content (AvgIpc) is 2.34. The molecule has 1 aliphatic heterocycles. The molecular formula is C12H22N2O3. The number of amides is 2. The molecule has 0 radical (unpaired) electrons. The van der Waals surface area contributed by atoms with Crippen molar-refractivity contribution < 1.29 is 14.7 Å². The Bertz CT molecular complexity index is 268. The van der Waals surface area contributed by atoms with Gasteiger partial charge in [-0.2, -0.15) is 0 Å². The summed E-state index contributed by atoms with van der Waals surface area (Å²) in [6, 6.07) is -0.118. The smallest absolute Gasteiger partial charge is 0.317 e. The van der Waals surface area contributed by atoms with Crippen LogP contribution in [0.25, 0.3) is 0 Å². The van der Waals surface area contributed by atoms with Gasteiger partial charge >= 0.3 is 12.0 Å². The Morgan fingerprint density at radius 2 is 2.18 bits per heavy atom. The maximum Gasteiger partial charge on any atom is 0.317 e. The molecule has 98 valence electrons. The van der Waals surface area contributed by atoms with Gasteiger partial charge in [-0.25, -0.2) is 4.79 Å². The second-order valence-electron chi connectivity index (χ2n) is 4.56. The molecule has 2 N–H and O–H groups in total. The zero-order chi connectivity index (χ0) is 12.7. The van der Waals surface area contributed by atoms with Crippen molar-refractivity contribution in [1.82, 2.24) is 10.2 Å². The Morgan fingerprint density at radius 1 is 1.41 bits per heavy atom. The summed E-state index contributed by atoms with van der Waals surface area (Å²) in [6.45, 7) is 3.81. The molecule has 5 nitrogen and oxygen atoms in total. The summed E-state index contributed by atoms with van der Waals surface area (Å²) in [4.78, 5) is 24.2. The second kappa shape index (κ2) is 7.14. The van der Waals surface area contributed by atoms with E-state index in [9.17, 15) is 9.59 Å². The molecule has 1 unspecified atom stereocenters. The molecular weight excluding hydrogens is 220 g/mol. The molecule has 1 saturated heterocycles. The molecule has 17 heavy (non-hydrogen) atoms. The monoisotopic (exact) mass is 242 g/mol. The van der Waals surface area contributed by atoms with Crippen LogP contribution in [-0.2, 0) is 4.79 Å². The number of carbonyl (C=O) groups is 2. The Labute approximate surface area is 102 Å². The molecule has 0 aromatic heterocycles. The first kappa shape index (κ1) is 13.8. The molecule has 1 aliphatic rings. The Kier molecular flexibility index (Phi) is 5.80. The van der Waals surface area contributed by atoms with Crippen LogP contribution in [0.15, 0.2) is 0 Å². The van der Waals surface area contributed by atoms with E-state index in [0.717, 1.165) is 25.7 Å². The van der Waals surface area contributed by atoms with E-state index in [2.05, 4.69) is 12.2 Å². The van der Waals surface area contributed by atoms with Crippen LogP contribution in [0.1, 0.15) is 39.0 Å². The van der Waals surface area contributed by atoms with Crippen molar-refractivity contribution in [2.24, 2.45) is 5.92 Å². The minimum absolute atomic E-state index is 0.118. The summed E-state index contributed by atoms with van der Waals surface area (Å²) in [6.07, 6.45) is 4.67. The SMILES string of the molecule is CCCCCNC(=O)N1CCCC(C(=O)O)C1. The lowest BCUT2D eigenvalue weighted by Gasteiger charge is -2.30. The first-order valence-corrected chi connectivity index (χ1v) is 6.40. The highest BCUT2D eigenvalue weighted by atomic mass is 16.4. The molecule has 0 aliphatic carbocycles. The van der Waals surface area contributed by atoms with Crippen LogP contribution in [0.5, 0.6) is 0 Å². The molecule has 0 spiro atoms. The van der Waals surface area contributed by atoms with Crippen molar-refractivity contribution in [1.29, 1.82) is 0 Å². The number of rotatable bonds is 5. The third-order valence-corrected chi connectivity index (χ3v) is 3.11. The molecule has 0 saturated carbocycles. The van der Waals surface area contributed by atoms with Gasteiger partial charge in [0.1, 0.15) is 0 Å². The van der Waals surface area contributed by atoms with Gasteiger partial charge in [0.05, 0.1) is 5.92 Å². The molecule has 0 aromatic carbocycles. The number of nitrogens with one attached hydrogen (secondary N) is 1. The minimum Gasteiger partial charge on any atom is -0.481 e. The normalized spacial score (nSPS) is 20.1. The number of unbranched alkanes of at least 4 members (excludes halogenated alkanes) is 2. The maximum atomic E-state index is 11.8. The molecule has 1 heterocycles. The number of carboxylic acids is 1. The van der Waals surface area contributed by atoms with Crippen LogP contribution in [-0.4, -0.2) is 41.6 Å². The third kappa shape index (κ3) is 4.63. The average molecular weight is 242 g/mol. The quantitative estimate of drug-likeness (QED) is 0.721. The number of urea groups is 1. The van der Waals surface area contributed by atoms with Crippen molar-refractivity contribution in [3.63, 3.8) is 0 Å². The van der Waals surface area contributed by atoms with Crippen LogP contribution >= 0.6 is 0 Å². The van der Waals surface area contributed by atoms with Crippen LogP contribution in [0.3, 0.4) is 0 Å². The van der Waals surface area contributed by atoms with E-state index in [1.54, 1.807) is 4.90 Å². The molecule has 5 heteroatoms. The van der Waals surface area contributed by atoms with E-state index < -0.39 is 11.9 Å². The lowest BCUT2D eigenvalue weighted by Crippen LogP contribution is -2.47. The van der Waals surface area contributed by atoms with Crippen LogP contribution in [0.4, 0.5) is 4.79 Å². The van der Waals surface area contributed by atoms with Crippen molar-refractivity contribution in [2.75, 3.05) is 19.6 Å². The first-order chi connectivity index (χ1) is 8.15. The largest absolute Gasteiger partial charge is 0.481 e. The van der Waals surface area contributed by atoms with E-state index in [4.69, 9.17) is 5.11 Å². The van der Waals surface area contributed by atoms with Gasteiger partial charge in [-0.15, -0.1) is 0 Å². The Hall–Kier alpha value is -1.26. The number of hydrogen-bond donors (Lipinski definition) is 2. The summed E-state index contributed by atoms with van der Waals surface area (Å²) >= 11 is 0. The summed E-state index contributed by atoms with van der Waals surface area (Å²) < 4.78 is 0. The Morgan fingerprint density at radius 3 is 2.82 bits per heavy atom. The summed E-state index contributed by atoms with van der Waals surface area (Å²) in [7, 11) is 0. The topological polar surface area (TPSA) is 69.6 Å². The van der Waals surface area contributed by atoms with E-state index in [1.165, 1.54) is 0 Å². The van der Waals surface area contributed by atoms with Crippen molar-refractivity contribution in [3.8, 4) is 0 Å². The van der Waals surface area contributed by atoms with Gasteiger partial charge in [-0.05, 0) is 19.3 Å². The highest BCUT2D eigenvalue weighted by Gasteiger charge is 2.27. The van der Waals surface area contributed by atoms with Crippen LogP contribution < -0.4 is 5.32 Å². The number of carboxylic acid groups (broad SMARTS) is 1. The third-order valence-electron chi connectivity index (χ3n) is 3.11. The lowest BCUT2D eigenvalue weighted by atomic mass is 9.99. The molecule has 1 rings (SSSR count). The number of piperidine rings is 1. The second-order valence-corrected chi connectivity index (χ2v) is 4.56. The first-order valence-electron chi connectivity index (χ1n) is 6.40. The Balaban J connectivity index is 2.28. The minimum atomic E-state index is -0.798. The van der Waals surface area contributed by atoms with Gasteiger partial charge in [-0.1, -0.05) is 19.8 Å². The predicted molar refractivity (Wildman–Crippen MR) is 64.9 cm³/mol. The fourth-order valence-corrected chi connectivity index (χ4v) is 2.05. The van der Waals surface area contributed by atoms with E-state index in [0.29, 0.717) is 26.1 Å². The van der Waals surface area contributed by atoms with E-state index in [1.807, 2.05) is 0 Å².